The topological polar surface area (TPSA) is 55.6 Å². The molecule has 2 N–H and O–H groups in total. The molecule has 0 bridgehead atoms. The van der Waals surface area contributed by atoms with Crippen molar-refractivity contribution in [2.75, 3.05) is 18.1 Å². The Morgan fingerprint density at radius 1 is 1.16 bits per heavy atom. The fourth-order valence-corrected chi connectivity index (χ4v) is 2.86. The van der Waals surface area contributed by atoms with E-state index in [0.29, 0.717) is 13.0 Å². The Kier molecular flexibility index (Phi) is 7.02. The second kappa shape index (κ2) is 9.23. The van der Waals surface area contributed by atoms with Crippen LogP contribution in [-0.2, 0) is 22.5 Å². The lowest BCUT2D eigenvalue weighted by Gasteiger charge is -2.24. The Morgan fingerprint density at radius 3 is 2.48 bits per heavy atom. The first-order valence-corrected chi connectivity index (χ1v) is 8.85. The molecule has 0 heterocycles. The van der Waals surface area contributed by atoms with Gasteiger partial charge in [-0.1, -0.05) is 36.4 Å². The third kappa shape index (κ3) is 5.33. The molecule has 0 amide bonds. The van der Waals surface area contributed by atoms with Crippen LogP contribution in [0.1, 0.15) is 30.5 Å². The van der Waals surface area contributed by atoms with Crippen LogP contribution in [0.5, 0.6) is 0 Å². The number of carbonyl (C=O) groups is 1. The van der Waals surface area contributed by atoms with Gasteiger partial charge in [-0.3, -0.25) is 4.79 Å². The Balaban J connectivity index is 2.10. The summed E-state index contributed by atoms with van der Waals surface area (Å²) in [6.45, 7) is 8.16. The van der Waals surface area contributed by atoms with Gasteiger partial charge in [-0.15, -0.1) is 0 Å². The number of carbonyl (C=O) groups excluding carboxylic acids is 1. The van der Waals surface area contributed by atoms with Gasteiger partial charge in [0.15, 0.2) is 0 Å². The first-order chi connectivity index (χ1) is 12.0. The molecule has 0 fully saturated rings. The van der Waals surface area contributed by atoms with E-state index in [0.717, 1.165) is 24.2 Å². The van der Waals surface area contributed by atoms with Gasteiger partial charge < -0.3 is 15.4 Å². The van der Waals surface area contributed by atoms with Crippen molar-refractivity contribution in [3.8, 4) is 0 Å². The highest BCUT2D eigenvalue weighted by Crippen LogP contribution is 2.22. The predicted octanol–water partition coefficient (Wildman–Crippen LogP) is 3.45. The highest BCUT2D eigenvalue weighted by atomic mass is 16.5. The average Bonchev–Trinajstić information content (AvgIpc) is 2.62. The van der Waals surface area contributed by atoms with E-state index in [9.17, 15) is 4.79 Å². The van der Waals surface area contributed by atoms with Crippen molar-refractivity contribution < 1.29 is 9.53 Å². The second-order valence-electron chi connectivity index (χ2n) is 6.17. The quantitative estimate of drug-likeness (QED) is 0.748. The van der Waals surface area contributed by atoms with Crippen molar-refractivity contribution in [1.82, 2.24) is 0 Å². The Morgan fingerprint density at radius 2 is 1.88 bits per heavy atom. The summed E-state index contributed by atoms with van der Waals surface area (Å²) in [7, 11) is 0. The number of anilines is 1. The Labute approximate surface area is 150 Å². The number of nitrogens with two attached hydrogens (primary N) is 1. The predicted molar refractivity (Wildman–Crippen MR) is 103 cm³/mol. The summed E-state index contributed by atoms with van der Waals surface area (Å²) in [6.07, 6.45) is 0.496. The highest BCUT2D eigenvalue weighted by Gasteiger charge is 2.16. The molecule has 0 saturated carbocycles. The maximum Gasteiger partial charge on any atom is 0.323 e. The van der Waals surface area contributed by atoms with Crippen LogP contribution >= 0.6 is 0 Å². The summed E-state index contributed by atoms with van der Waals surface area (Å²) in [5.41, 5.74) is 10.6. The fraction of sp³-hybridized carbons (Fsp3) is 0.381. The van der Waals surface area contributed by atoms with Crippen molar-refractivity contribution in [1.29, 1.82) is 0 Å². The van der Waals surface area contributed by atoms with Gasteiger partial charge in [0.2, 0.25) is 0 Å². The number of hydrogen-bond donors (Lipinski definition) is 1. The summed E-state index contributed by atoms with van der Waals surface area (Å²) < 4.78 is 4.99. The van der Waals surface area contributed by atoms with Gasteiger partial charge in [-0.2, -0.15) is 0 Å². The van der Waals surface area contributed by atoms with Gasteiger partial charge in [0.1, 0.15) is 6.04 Å². The average molecular weight is 340 g/mol. The van der Waals surface area contributed by atoms with Crippen LogP contribution in [0.25, 0.3) is 0 Å². The molecule has 0 aliphatic heterocycles. The van der Waals surface area contributed by atoms with E-state index in [1.165, 1.54) is 11.3 Å². The van der Waals surface area contributed by atoms with Gasteiger partial charge in [-0.25, -0.2) is 0 Å². The van der Waals surface area contributed by atoms with Crippen LogP contribution in [-0.4, -0.2) is 25.2 Å². The molecule has 1 atom stereocenters. The summed E-state index contributed by atoms with van der Waals surface area (Å²) in [6, 6.07) is 16.2. The molecule has 1 unspecified atom stereocenters. The smallest absolute Gasteiger partial charge is 0.323 e. The lowest BCUT2D eigenvalue weighted by molar-refractivity contribution is -0.144. The number of ether oxygens (including phenoxy) is 1. The van der Waals surface area contributed by atoms with Crippen molar-refractivity contribution in [3.05, 3.63) is 65.2 Å². The third-order valence-corrected chi connectivity index (χ3v) is 4.32. The van der Waals surface area contributed by atoms with E-state index in [1.54, 1.807) is 6.92 Å². The van der Waals surface area contributed by atoms with E-state index < -0.39 is 6.04 Å². The normalized spacial score (nSPS) is 11.8. The molecular formula is C21H28N2O2. The van der Waals surface area contributed by atoms with Crippen molar-refractivity contribution in [2.24, 2.45) is 5.73 Å². The molecule has 2 aromatic carbocycles. The van der Waals surface area contributed by atoms with Gasteiger partial charge in [-0.05, 0) is 56.0 Å². The number of nitrogens with zero attached hydrogens (tertiary/aromatic N) is 1. The molecular weight excluding hydrogens is 312 g/mol. The number of benzene rings is 2. The lowest BCUT2D eigenvalue weighted by atomic mass is 10.0. The number of esters is 1. The standard InChI is InChI=1S/C21H28N2O2/c1-4-23(15-17-9-7-6-8-10-17)19-12-11-18(16(3)13-19)14-20(22)21(24)25-5-2/h6-13,20H,4-5,14-15,22H2,1-3H3. The first kappa shape index (κ1) is 19.0. The molecule has 0 saturated heterocycles. The van der Waals surface area contributed by atoms with Gasteiger partial charge in [0.05, 0.1) is 6.61 Å². The lowest BCUT2D eigenvalue weighted by Crippen LogP contribution is -2.34. The van der Waals surface area contributed by atoms with Gasteiger partial charge in [0, 0.05) is 18.8 Å². The highest BCUT2D eigenvalue weighted by molar-refractivity contribution is 5.76. The molecule has 2 rings (SSSR count). The summed E-state index contributed by atoms with van der Waals surface area (Å²) >= 11 is 0. The zero-order valence-electron chi connectivity index (χ0n) is 15.4. The maximum atomic E-state index is 11.7. The van der Waals surface area contributed by atoms with E-state index >= 15 is 0 Å². The molecule has 0 aliphatic carbocycles. The largest absolute Gasteiger partial charge is 0.465 e. The number of hydrogen-bond acceptors (Lipinski definition) is 4. The molecule has 25 heavy (non-hydrogen) atoms. The first-order valence-electron chi connectivity index (χ1n) is 8.85. The zero-order chi connectivity index (χ0) is 18.2. The van der Waals surface area contributed by atoms with Crippen molar-refractivity contribution in [2.45, 2.75) is 39.8 Å². The van der Waals surface area contributed by atoms with Crippen LogP contribution < -0.4 is 10.6 Å². The molecule has 0 radical (unpaired) electrons. The number of aryl methyl sites for hydroxylation is 1. The van der Waals surface area contributed by atoms with E-state index in [4.69, 9.17) is 10.5 Å². The van der Waals surface area contributed by atoms with Crippen LogP contribution in [0.2, 0.25) is 0 Å². The molecule has 4 heteroatoms. The van der Waals surface area contributed by atoms with E-state index in [2.05, 4.69) is 61.2 Å². The Hall–Kier alpha value is -2.33. The third-order valence-electron chi connectivity index (χ3n) is 4.32. The molecule has 4 nitrogen and oxygen atoms in total. The summed E-state index contributed by atoms with van der Waals surface area (Å²) in [5.74, 6) is -0.342. The maximum absolute atomic E-state index is 11.7. The minimum Gasteiger partial charge on any atom is -0.465 e. The SMILES string of the molecule is CCOC(=O)C(N)Cc1ccc(N(CC)Cc2ccccc2)cc1C. The van der Waals surface area contributed by atoms with Crippen LogP contribution in [0.3, 0.4) is 0 Å². The minimum absolute atomic E-state index is 0.342. The van der Waals surface area contributed by atoms with Crippen molar-refractivity contribution in [3.63, 3.8) is 0 Å². The van der Waals surface area contributed by atoms with Crippen LogP contribution in [0, 0.1) is 6.92 Å². The van der Waals surface area contributed by atoms with Crippen molar-refractivity contribution >= 4 is 11.7 Å². The van der Waals surface area contributed by atoms with Crippen LogP contribution in [0.15, 0.2) is 48.5 Å². The molecule has 0 spiro atoms. The summed E-state index contributed by atoms with van der Waals surface area (Å²) in [5, 5.41) is 0. The van der Waals surface area contributed by atoms with Crippen LogP contribution in [0.4, 0.5) is 5.69 Å². The van der Waals surface area contributed by atoms with E-state index in [-0.39, 0.29) is 5.97 Å². The fourth-order valence-electron chi connectivity index (χ4n) is 2.86. The molecule has 0 aliphatic rings. The molecule has 134 valence electrons. The minimum atomic E-state index is -0.615. The number of rotatable bonds is 8. The zero-order valence-corrected chi connectivity index (χ0v) is 15.4. The van der Waals surface area contributed by atoms with Gasteiger partial charge >= 0.3 is 5.97 Å². The molecule has 2 aromatic rings. The van der Waals surface area contributed by atoms with Gasteiger partial charge in [0.25, 0.3) is 0 Å². The summed E-state index contributed by atoms with van der Waals surface area (Å²) in [4.78, 5) is 14.1. The van der Waals surface area contributed by atoms with E-state index in [1.807, 2.05) is 6.07 Å². The second-order valence-corrected chi connectivity index (χ2v) is 6.17. The molecule has 0 aromatic heterocycles. The monoisotopic (exact) mass is 340 g/mol. The Bertz CT molecular complexity index is 686.